The smallest absolute Gasteiger partial charge is 0.258 e. The first kappa shape index (κ1) is 19.4. The van der Waals surface area contributed by atoms with Gasteiger partial charge in [0.05, 0.1) is 24.9 Å². The van der Waals surface area contributed by atoms with Gasteiger partial charge in [0.2, 0.25) is 5.82 Å². The summed E-state index contributed by atoms with van der Waals surface area (Å²) in [6.07, 6.45) is 1.73. The van der Waals surface area contributed by atoms with Gasteiger partial charge in [-0.2, -0.15) is 15.2 Å². The zero-order valence-corrected chi connectivity index (χ0v) is 16.6. The van der Waals surface area contributed by atoms with Crippen molar-refractivity contribution in [3.05, 3.63) is 53.1 Å². The molecule has 0 aliphatic carbocycles. The number of fused-ring (bicyclic) bond motifs is 1. The topological polar surface area (TPSA) is 93.1 Å². The molecule has 4 rings (SSSR count). The molecule has 1 aromatic heterocycles. The van der Waals surface area contributed by atoms with Crippen LogP contribution < -0.4 is 0 Å². The maximum absolute atomic E-state index is 8.74. The van der Waals surface area contributed by atoms with E-state index in [1.165, 1.54) is 0 Å². The molecule has 7 heteroatoms. The lowest BCUT2D eigenvalue weighted by Gasteiger charge is -2.08. The SMILES string of the molecule is Cc1cc(C)cc(-c2noc(-c3ccc4c(c3)N=NC4CCCOCCO)n2)c1. The quantitative estimate of drug-likeness (QED) is 0.548. The van der Waals surface area contributed by atoms with Crippen molar-refractivity contribution < 1.29 is 14.4 Å². The molecule has 0 saturated carbocycles. The molecule has 1 N–H and O–H groups in total. The van der Waals surface area contributed by atoms with E-state index in [0.717, 1.165) is 46.3 Å². The highest BCUT2D eigenvalue weighted by molar-refractivity contribution is 5.66. The van der Waals surface area contributed by atoms with Crippen LogP contribution in [0, 0.1) is 13.8 Å². The fourth-order valence-corrected chi connectivity index (χ4v) is 3.56. The fraction of sp³-hybridized carbons (Fsp3) is 0.364. The minimum atomic E-state index is 0.0466. The summed E-state index contributed by atoms with van der Waals surface area (Å²) in [4.78, 5) is 4.57. The lowest BCUT2D eigenvalue weighted by molar-refractivity contribution is 0.0890. The van der Waals surface area contributed by atoms with Crippen molar-refractivity contribution in [2.24, 2.45) is 10.2 Å². The molecule has 0 fully saturated rings. The van der Waals surface area contributed by atoms with Crippen molar-refractivity contribution in [2.45, 2.75) is 32.7 Å². The molecule has 1 unspecified atom stereocenters. The summed E-state index contributed by atoms with van der Waals surface area (Å²) in [5, 5.41) is 21.6. The van der Waals surface area contributed by atoms with Crippen LogP contribution >= 0.6 is 0 Å². The fourth-order valence-electron chi connectivity index (χ4n) is 3.56. The van der Waals surface area contributed by atoms with Gasteiger partial charge in [0, 0.05) is 23.3 Å². The van der Waals surface area contributed by atoms with E-state index in [1.54, 1.807) is 0 Å². The molecule has 0 amide bonds. The molecular formula is C22H24N4O3. The first-order valence-electron chi connectivity index (χ1n) is 9.80. The predicted octanol–water partition coefficient (Wildman–Crippen LogP) is 4.95. The van der Waals surface area contributed by atoms with Crippen molar-refractivity contribution in [3.63, 3.8) is 0 Å². The van der Waals surface area contributed by atoms with Gasteiger partial charge in [-0.1, -0.05) is 28.4 Å². The van der Waals surface area contributed by atoms with Crippen molar-refractivity contribution >= 4 is 5.69 Å². The Hall–Kier alpha value is -2.90. The van der Waals surface area contributed by atoms with Gasteiger partial charge >= 0.3 is 0 Å². The molecule has 7 nitrogen and oxygen atoms in total. The molecule has 0 saturated heterocycles. The van der Waals surface area contributed by atoms with E-state index >= 15 is 0 Å². The van der Waals surface area contributed by atoms with Crippen LogP contribution in [0.1, 0.15) is 35.6 Å². The average molecular weight is 392 g/mol. The Balaban J connectivity index is 1.48. The Morgan fingerprint density at radius 3 is 2.66 bits per heavy atom. The van der Waals surface area contributed by atoms with Crippen LogP contribution in [0.5, 0.6) is 0 Å². The van der Waals surface area contributed by atoms with Crippen molar-refractivity contribution in [2.75, 3.05) is 19.8 Å². The van der Waals surface area contributed by atoms with Gasteiger partial charge < -0.3 is 14.4 Å². The normalized spacial score (nSPS) is 15.1. The van der Waals surface area contributed by atoms with Gasteiger partial charge in [-0.3, -0.25) is 0 Å². The van der Waals surface area contributed by atoms with E-state index < -0.39 is 0 Å². The third-order valence-corrected chi connectivity index (χ3v) is 4.85. The van der Waals surface area contributed by atoms with Crippen molar-refractivity contribution in [1.29, 1.82) is 0 Å². The van der Waals surface area contributed by atoms with Gasteiger partial charge in [-0.05, 0) is 51.0 Å². The number of ether oxygens (including phenoxy) is 1. The minimum absolute atomic E-state index is 0.0466. The third-order valence-electron chi connectivity index (χ3n) is 4.85. The summed E-state index contributed by atoms with van der Waals surface area (Å²) in [6, 6.07) is 12.2. The summed E-state index contributed by atoms with van der Waals surface area (Å²) >= 11 is 0. The maximum atomic E-state index is 8.74. The van der Waals surface area contributed by atoms with Crippen molar-refractivity contribution in [1.82, 2.24) is 10.1 Å². The second-order valence-electron chi connectivity index (χ2n) is 7.28. The van der Waals surface area contributed by atoms with E-state index in [1.807, 2.05) is 30.3 Å². The predicted molar refractivity (Wildman–Crippen MR) is 109 cm³/mol. The number of aromatic nitrogens is 2. The van der Waals surface area contributed by atoms with Crippen LogP contribution in [-0.2, 0) is 4.74 Å². The monoisotopic (exact) mass is 392 g/mol. The highest BCUT2D eigenvalue weighted by atomic mass is 16.5. The second-order valence-corrected chi connectivity index (χ2v) is 7.28. The highest BCUT2D eigenvalue weighted by Crippen LogP contribution is 2.40. The number of aliphatic hydroxyl groups is 1. The lowest BCUT2D eigenvalue weighted by Crippen LogP contribution is -2.02. The molecule has 3 aromatic rings. The summed E-state index contributed by atoms with van der Waals surface area (Å²) in [7, 11) is 0. The first-order chi connectivity index (χ1) is 14.1. The maximum Gasteiger partial charge on any atom is 0.258 e. The van der Waals surface area contributed by atoms with Crippen LogP contribution in [0.25, 0.3) is 22.8 Å². The Morgan fingerprint density at radius 1 is 1.03 bits per heavy atom. The first-order valence-corrected chi connectivity index (χ1v) is 9.80. The molecule has 0 radical (unpaired) electrons. The number of nitrogens with zero attached hydrogens (tertiary/aromatic N) is 4. The molecule has 2 heterocycles. The van der Waals surface area contributed by atoms with Gasteiger partial charge in [-0.15, -0.1) is 0 Å². The number of hydrogen-bond donors (Lipinski definition) is 1. The highest BCUT2D eigenvalue weighted by Gasteiger charge is 2.22. The lowest BCUT2D eigenvalue weighted by atomic mass is 10.0. The van der Waals surface area contributed by atoms with Crippen LogP contribution in [0.2, 0.25) is 0 Å². The molecule has 0 bridgehead atoms. The van der Waals surface area contributed by atoms with E-state index in [2.05, 4.69) is 40.3 Å². The largest absolute Gasteiger partial charge is 0.394 e. The van der Waals surface area contributed by atoms with Crippen LogP contribution in [0.3, 0.4) is 0 Å². The summed E-state index contributed by atoms with van der Waals surface area (Å²) < 4.78 is 10.8. The molecule has 1 aliphatic rings. The van der Waals surface area contributed by atoms with Gasteiger partial charge in [0.1, 0.15) is 0 Å². The molecule has 0 spiro atoms. The van der Waals surface area contributed by atoms with E-state index in [4.69, 9.17) is 14.4 Å². The van der Waals surface area contributed by atoms with E-state index in [0.29, 0.717) is 24.9 Å². The number of aliphatic hydroxyl groups excluding tert-OH is 1. The summed E-state index contributed by atoms with van der Waals surface area (Å²) in [6.45, 7) is 5.15. The van der Waals surface area contributed by atoms with Crippen LogP contribution in [0.15, 0.2) is 51.1 Å². The average Bonchev–Trinajstić information content (AvgIpc) is 3.34. The van der Waals surface area contributed by atoms with Crippen LogP contribution in [-0.4, -0.2) is 35.1 Å². The summed E-state index contributed by atoms with van der Waals surface area (Å²) in [5.41, 5.74) is 6.05. The molecule has 1 aliphatic heterocycles. The minimum Gasteiger partial charge on any atom is -0.394 e. The van der Waals surface area contributed by atoms with Gasteiger partial charge in [0.15, 0.2) is 0 Å². The number of hydrogen-bond acceptors (Lipinski definition) is 7. The third kappa shape index (κ3) is 4.41. The Kier molecular flexibility index (Phi) is 5.78. The second kappa shape index (κ2) is 8.63. The van der Waals surface area contributed by atoms with Gasteiger partial charge in [0.25, 0.3) is 5.89 Å². The Morgan fingerprint density at radius 2 is 1.86 bits per heavy atom. The Labute approximate surface area is 169 Å². The standard InChI is InChI=1S/C22H24N4O3/c1-14-10-15(2)12-17(11-14)21-23-22(29-26-21)16-5-6-18-19(24-25-20(18)13-16)4-3-8-28-9-7-27/h5-6,10-13,19,27H,3-4,7-9H2,1-2H3. The van der Waals surface area contributed by atoms with E-state index in [-0.39, 0.29) is 12.6 Å². The number of aryl methyl sites for hydroxylation is 2. The number of rotatable bonds is 8. The number of azo groups is 1. The molecule has 2 aromatic carbocycles. The zero-order chi connectivity index (χ0) is 20.2. The molecule has 1 atom stereocenters. The summed E-state index contributed by atoms with van der Waals surface area (Å²) in [5.74, 6) is 1.05. The molecule has 150 valence electrons. The van der Waals surface area contributed by atoms with Crippen LogP contribution in [0.4, 0.5) is 5.69 Å². The molecule has 29 heavy (non-hydrogen) atoms. The van der Waals surface area contributed by atoms with Crippen molar-refractivity contribution in [3.8, 4) is 22.8 Å². The van der Waals surface area contributed by atoms with E-state index in [9.17, 15) is 0 Å². The number of benzene rings is 2. The van der Waals surface area contributed by atoms with Gasteiger partial charge in [-0.25, -0.2) is 0 Å². The molecular weight excluding hydrogens is 368 g/mol. The Bertz CT molecular complexity index is 1010. The zero-order valence-electron chi connectivity index (χ0n) is 16.6.